The second-order valence-corrected chi connectivity index (χ2v) is 5.76. The molecular formula is C17H18ClN3O. The number of hydrogen-bond donors (Lipinski definition) is 2. The van der Waals surface area contributed by atoms with Crippen molar-refractivity contribution in [2.75, 3.05) is 6.54 Å². The lowest BCUT2D eigenvalue weighted by Gasteiger charge is -2.13. The Balaban J connectivity index is 1.64. The third-order valence-corrected chi connectivity index (χ3v) is 4.00. The minimum absolute atomic E-state index is 0.433. The second-order valence-electron chi connectivity index (χ2n) is 5.35. The van der Waals surface area contributed by atoms with Gasteiger partial charge in [-0.2, -0.15) is 0 Å². The SMILES string of the molecule is Cc1ccn2c(CNCC(O)c3ccccc3Cl)cnc2c1. The first kappa shape index (κ1) is 15.0. The maximum Gasteiger partial charge on any atom is 0.137 e. The standard InChI is InChI=1S/C17H18ClN3O/c1-12-6-7-21-13(10-20-17(21)8-12)9-19-11-16(22)14-4-2-3-5-15(14)18/h2-8,10,16,19,22H,9,11H2,1H3. The molecule has 114 valence electrons. The number of aliphatic hydroxyl groups excluding tert-OH is 1. The quantitative estimate of drug-likeness (QED) is 0.760. The molecule has 5 heteroatoms. The van der Waals surface area contributed by atoms with Crippen molar-refractivity contribution >= 4 is 17.2 Å². The number of aryl methyl sites for hydroxylation is 1. The normalized spacial score (nSPS) is 12.7. The van der Waals surface area contributed by atoms with Gasteiger partial charge < -0.3 is 14.8 Å². The molecule has 1 unspecified atom stereocenters. The summed E-state index contributed by atoms with van der Waals surface area (Å²) >= 11 is 6.09. The molecule has 0 aliphatic rings. The number of hydrogen-bond acceptors (Lipinski definition) is 3. The van der Waals surface area contributed by atoms with E-state index in [2.05, 4.69) is 16.4 Å². The molecule has 0 radical (unpaired) electrons. The highest BCUT2D eigenvalue weighted by Crippen LogP contribution is 2.21. The first-order chi connectivity index (χ1) is 10.6. The average molecular weight is 316 g/mol. The van der Waals surface area contributed by atoms with Crippen LogP contribution in [0.3, 0.4) is 0 Å². The molecule has 2 N–H and O–H groups in total. The third kappa shape index (κ3) is 3.14. The molecule has 0 spiro atoms. The summed E-state index contributed by atoms with van der Waals surface area (Å²) < 4.78 is 2.04. The first-order valence-electron chi connectivity index (χ1n) is 7.21. The van der Waals surface area contributed by atoms with Crippen molar-refractivity contribution in [3.63, 3.8) is 0 Å². The molecule has 0 saturated carbocycles. The number of pyridine rings is 1. The van der Waals surface area contributed by atoms with E-state index in [-0.39, 0.29) is 0 Å². The summed E-state index contributed by atoms with van der Waals surface area (Å²) in [5.41, 5.74) is 3.92. The van der Waals surface area contributed by atoms with Gasteiger partial charge in [0, 0.05) is 29.9 Å². The first-order valence-corrected chi connectivity index (χ1v) is 7.59. The smallest absolute Gasteiger partial charge is 0.137 e. The number of nitrogens with one attached hydrogen (secondary N) is 1. The fraction of sp³-hybridized carbons (Fsp3) is 0.235. The zero-order valence-electron chi connectivity index (χ0n) is 12.3. The summed E-state index contributed by atoms with van der Waals surface area (Å²) in [6, 6.07) is 11.4. The molecule has 0 amide bonds. The predicted molar refractivity (Wildman–Crippen MR) is 88.0 cm³/mol. The van der Waals surface area contributed by atoms with Gasteiger partial charge in [-0.05, 0) is 30.7 Å². The minimum atomic E-state index is -0.630. The Morgan fingerprint density at radius 2 is 2.14 bits per heavy atom. The van der Waals surface area contributed by atoms with E-state index in [1.807, 2.05) is 48.0 Å². The number of nitrogens with zero attached hydrogens (tertiary/aromatic N) is 2. The Labute approximate surface area is 134 Å². The lowest BCUT2D eigenvalue weighted by Crippen LogP contribution is -2.22. The third-order valence-electron chi connectivity index (χ3n) is 3.65. The largest absolute Gasteiger partial charge is 0.387 e. The molecule has 3 aromatic rings. The second kappa shape index (κ2) is 6.48. The molecule has 0 bridgehead atoms. The number of fused-ring (bicyclic) bond motifs is 1. The Morgan fingerprint density at radius 1 is 1.32 bits per heavy atom. The van der Waals surface area contributed by atoms with Gasteiger partial charge in [0.1, 0.15) is 5.65 Å². The summed E-state index contributed by atoms with van der Waals surface area (Å²) in [5.74, 6) is 0. The summed E-state index contributed by atoms with van der Waals surface area (Å²) in [5, 5.41) is 14.0. The number of halogens is 1. The molecule has 1 atom stereocenters. The molecule has 0 aliphatic carbocycles. The Kier molecular flexibility index (Phi) is 4.43. The van der Waals surface area contributed by atoms with E-state index in [4.69, 9.17) is 11.6 Å². The highest BCUT2D eigenvalue weighted by molar-refractivity contribution is 6.31. The van der Waals surface area contributed by atoms with Gasteiger partial charge in [0.15, 0.2) is 0 Å². The van der Waals surface area contributed by atoms with E-state index in [0.29, 0.717) is 18.1 Å². The van der Waals surface area contributed by atoms with E-state index >= 15 is 0 Å². The van der Waals surface area contributed by atoms with Gasteiger partial charge in [-0.25, -0.2) is 4.98 Å². The maximum atomic E-state index is 10.2. The predicted octanol–water partition coefficient (Wildman–Crippen LogP) is 3.12. The van der Waals surface area contributed by atoms with Crippen molar-refractivity contribution < 1.29 is 5.11 Å². The maximum absolute atomic E-state index is 10.2. The van der Waals surface area contributed by atoms with Crippen LogP contribution in [-0.2, 0) is 6.54 Å². The summed E-state index contributed by atoms with van der Waals surface area (Å²) in [4.78, 5) is 4.39. The van der Waals surface area contributed by atoms with E-state index < -0.39 is 6.10 Å². The fourth-order valence-corrected chi connectivity index (χ4v) is 2.72. The van der Waals surface area contributed by atoms with E-state index in [1.54, 1.807) is 6.07 Å². The van der Waals surface area contributed by atoms with Crippen LogP contribution in [0.5, 0.6) is 0 Å². The van der Waals surface area contributed by atoms with Gasteiger partial charge in [0.2, 0.25) is 0 Å². The molecule has 22 heavy (non-hydrogen) atoms. The van der Waals surface area contributed by atoms with Gasteiger partial charge in [0.05, 0.1) is 18.0 Å². The summed E-state index contributed by atoms with van der Waals surface area (Å²) in [6.07, 6.45) is 3.23. The van der Waals surface area contributed by atoms with Crippen LogP contribution in [0.1, 0.15) is 22.9 Å². The van der Waals surface area contributed by atoms with Crippen molar-refractivity contribution in [3.8, 4) is 0 Å². The number of aliphatic hydroxyl groups is 1. The van der Waals surface area contributed by atoms with Gasteiger partial charge in [-0.1, -0.05) is 29.8 Å². The number of rotatable bonds is 5. The van der Waals surface area contributed by atoms with Crippen LogP contribution in [0, 0.1) is 6.92 Å². The van der Waals surface area contributed by atoms with Crippen LogP contribution in [-0.4, -0.2) is 21.0 Å². The van der Waals surface area contributed by atoms with Crippen molar-refractivity contribution in [1.82, 2.24) is 14.7 Å². The Hall–Kier alpha value is -1.88. The van der Waals surface area contributed by atoms with Crippen molar-refractivity contribution in [2.45, 2.75) is 19.6 Å². The number of benzene rings is 1. The van der Waals surface area contributed by atoms with Gasteiger partial charge in [-0.3, -0.25) is 0 Å². The molecular weight excluding hydrogens is 298 g/mol. The van der Waals surface area contributed by atoms with Crippen LogP contribution in [0.25, 0.3) is 5.65 Å². The van der Waals surface area contributed by atoms with E-state index in [0.717, 1.165) is 16.9 Å². The van der Waals surface area contributed by atoms with Crippen LogP contribution in [0.4, 0.5) is 0 Å². The summed E-state index contributed by atoms with van der Waals surface area (Å²) in [6.45, 7) is 3.11. The molecule has 2 heterocycles. The Morgan fingerprint density at radius 3 is 2.95 bits per heavy atom. The van der Waals surface area contributed by atoms with Gasteiger partial charge >= 0.3 is 0 Å². The lowest BCUT2D eigenvalue weighted by atomic mass is 10.1. The lowest BCUT2D eigenvalue weighted by molar-refractivity contribution is 0.174. The molecule has 1 aromatic carbocycles. The van der Waals surface area contributed by atoms with E-state index in [9.17, 15) is 5.11 Å². The van der Waals surface area contributed by atoms with Gasteiger partial charge in [0.25, 0.3) is 0 Å². The average Bonchev–Trinajstić information content (AvgIpc) is 2.90. The molecule has 2 aromatic heterocycles. The highest BCUT2D eigenvalue weighted by Gasteiger charge is 2.11. The monoisotopic (exact) mass is 315 g/mol. The zero-order chi connectivity index (χ0) is 15.5. The topological polar surface area (TPSA) is 49.6 Å². The number of imidazole rings is 1. The van der Waals surface area contributed by atoms with Crippen LogP contribution < -0.4 is 5.32 Å². The van der Waals surface area contributed by atoms with Crippen LogP contribution in [0.15, 0.2) is 48.8 Å². The Bertz CT molecular complexity index is 784. The van der Waals surface area contributed by atoms with Crippen molar-refractivity contribution in [1.29, 1.82) is 0 Å². The van der Waals surface area contributed by atoms with Crippen LogP contribution >= 0.6 is 11.6 Å². The molecule has 0 saturated heterocycles. The van der Waals surface area contributed by atoms with Crippen molar-refractivity contribution in [3.05, 3.63) is 70.6 Å². The van der Waals surface area contributed by atoms with Crippen molar-refractivity contribution in [2.24, 2.45) is 0 Å². The summed E-state index contributed by atoms with van der Waals surface area (Å²) in [7, 11) is 0. The van der Waals surface area contributed by atoms with E-state index in [1.165, 1.54) is 5.56 Å². The molecule has 3 rings (SSSR count). The van der Waals surface area contributed by atoms with Gasteiger partial charge in [-0.15, -0.1) is 0 Å². The highest BCUT2D eigenvalue weighted by atomic mass is 35.5. The fourth-order valence-electron chi connectivity index (χ4n) is 2.46. The zero-order valence-corrected chi connectivity index (χ0v) is 13.1. The molecule has 0 aliphatic heterocycles. The van der Waals surface area contributed by atoms with Crippen LogP contribution in [0.2, 0.25) is 5.02 Å². The minimum Gasteiger partial charge on any atom is -0.387 e. The molecule has 4 nitrogen and oxygen atoms in total. The number of aromatic nitrogens is 2. The molecule has 0 fully saturated rings.